The Hall–Kier alpha value is -0.360. The van der Waals surface area contributed by atoms with Gasteiger partial charge < -0.3 is 5.11 Å². The molecule has 2 nitrogen and oxygen atoms in total. The molecule has 0 amide bonds. The van der Waals surface area contributed by atoms with E-state index in [1.807, 2.05) is 11.8 Å². The lowest BCUT2D eigenvalue weighted by molar-refractivity contribution is 0.296. The Kier molecular flexibility index (Phi) is 4.84. The zero-order chi connectivity index (χ0) is 11.2. The maximum atomic E-state index is 8.67. The second-order valence-electron chi connectivity index (χ2n) is 3.29. The highest BCUT2D eigenvalue weighted by Gasteiger charge is 2.04. The Morgan fingerprint density at radius 3 is 3.06 bits per heavy atom. The van der Waals surface area contributed by atoms with Crippen molar-refractivity contribution in [2.24, 2.45) is 0 Å². The molecular weight excluding hydrogens is 258 g/mol. The van der Waals surface area contributed by atoms with Gasteiger partial charge in [0.1, 0.15) is 5.01 Å². The maximum absolute atomic E-state index is 8.67. The van der Waals surface area contributed by atoms with Crippen LogP contribution in [0.15, 0.2) is 22.2 Å². The summed E-state index contributed by atoms with van der Waals surface area (Å²) in [6.45, 7) is 0.282. The highest BCUT2D eigenvalue weighted by Crippen LogP contribution is 2.27. The van der Waals surface area contributed by atoms with E-state index in [0.29, 0.717) is 0 Å². The average Bonchev–Trinajstić information content (AvgIpc) is 2.94. The second kappa shape index (κ2) is 6.39. The lowest BCUT2D eigenvalue weighted by Crippen LogP contribution is -1.87. The van der Waals surface area contributed by atoms with E-state index in [4.69, 9.17) is 5.11 Å². The van der Waals surface area contributed by atoms with E-state index in [1.54, 1.807) is 22.7 Å². The fourth-order valence-electron chi connectivity index (χ4n) is 1.24. The molecule has 0 aliphatic carbocycles. The van der Waals surface area contributed by atoms with Crippen molar-refractivity contribution in [3.05, 3.63) is 27.9 Å². The first kappa shape index (κ1) is 12.1. The van der Waals surface area contributed by atoms with Crippen LogP contribution in [-0.4, -0.2) is 22.5 Å². The SMILES string of the molecule is OCCCSCc1csc(-c2ccsc2)n1. The van der Waals surface area contributed by atoms with Crippen LogP contribution in [0.1, 0.15) is 12.1 Å². The van der Waals surface area contributed by atoms with Crippen molar-refractivity contribution in [3.63, 3.8) is 0 Å². The zero-order valence-corrected chi connectivity index (χ0v) is 11.2. The molecule has 0 bridgehead atoms. The number of hydrogen-bond acceptors (Lipinski definition) is 5. The molecule has 0 saturated heterocycles. The molecule has 2 rings (SSSR count). The Labute approximate surface area is 107 Å². The van der Waals surface area contributed by atoms with Gasteiger partial charge in [-0.25, -0.2) is 4.98 Å². The summed E-state index contributed by atoms with van der Waals surface area (Å²) in [7, 11) is 0. The molecule has 0 fully saturated rings. The van der Waals surface area contributed by atoms with Crippen molar-refractivity contribution in [3.8, 4) is 10.6 Å². The van der Waals surface area contributed by atoms with Crippen molar-refractivity contribution in [1.82, 2.24) is 4.98 Å². The number of aliphatic hydroxyl groups excluding tert-OH is 1. The molecule has 0 aliphatic heterocycles. The van der Waals surface area contributed by atoms with Crippen molar-refractivity contribution in [2.75, 3.05) is 12.4 Å². The van der Waals surface area contributed by atoms with Gasteiger partial charge in [0.25, 0.3) is 0 Å². The summed E-state index contributed by atoms with van der Waals surface area (Å²) in [5.74, 6) is 1.95. The minimum atomic E-state index is 0.282. The molecule has 0 spiro atoms. The average molecular weight is 271 g/mol. The van der Waals surface area contributed by atoms with Gasteiger partial charge >= 0.3 is 0 Å². The smallest absolute Gasteiger partial charge is 0.124 e. The Bertz CT molecular complexity index is 411. The van der Waals surface area contributed by atoms with Gasteiger partial charge in [-0.05, 0) is 23.6 Å². The standard InChI is InChI=1S/C11H13NOS3/c13-3-1-4-14-7-10-8-16-11(12-10)9-2-5-15-6-9/h2,5-6,8,13H,1,3-4,7H2. The van der Waals surface area contributed by atoms with Crippen LogP contribution in [0.25, 0.3) is 10.6 Å². The van der Waals surface area contributed by atoms with Crippen LogP contribution in [0.3, 0.4) is 0 Å². The first-order valence-corrected chi connectivity index (χ1v) is 8.03. The Morgan fingerprint density at radius 1 is 1.38 bits per heavy atom. The summed E-state index contributed by atoms with van der Waals surface area (Å²) < 4.78 is 0. The van der Waals surface area contributed by atoms with Gasteiger partial charge in [-0.1, -0.05) is 0 Å². The van der Waals surface area contributed by atoms with Crippen molar-refractivity contribution in [2.45, 2.75) is 12.2 Å². The number of thiophene rings is 1. The topological polar surface area (TPSA) is 33.1 Å². The number of hydrogen-bond donors (Lipinski definition) is 1. The number of nitrogens with zero attached hydrogens (tertiary/aromatic N) is 1. The number of aromatic nitrogens is 1. The lowest BCUT2D eigenvalue weighted by atomic mass is 10.4. The summed E-state index contributed by atoms with van der Waals surface area (Å²) in [6.07, 6.45) is 0.867. The lowest BCUT2D eigenvalue weighted by Gasteiger charge is -1.96. The minimum absolute atomic E-state index is 0.282. The molecule has 0 unspecified atom stereocenters. The van der Waals surface area contributed by atoms with Gasteiger partial charge in [0.15, 0.2) is 0 Å². The second-order valence-corrected chi connectivity index (χ2v) is 6.03. The quantitative estimate of drug-likeness (QED) is 0.816. The molecule has 1 N–H and O–H groups in total. The molecule has 16 heavy (non-hydrogen) atoms. The third-order valence-corrected chi connectivity index (χ3v) is 4.72. The summed E-state index contributed by atoms with van der Waals surface area (Å²) >= 11 is 5.23. The first-order chi connectivity index (χ1) is 7.90. The van der Waals surface area contributed by atoms with Crippen LogP contribution < -0.4 is 0 Å². The normalized spacial score (nSPS) is 10.8. The summed E-state index contributed by atoms with van der Waals surface area (Å²) in [6, 6.07) is 2.10. The number of rotatable bonds is 6. The maximum Gasteiger partial charge on any atom is 0.124 e. The van der Waals surface area contributed by atoms with E-state index in [-0.39, 0.29) is 6.61 Å². The molecule has 2 aromatic rings. The van der Waals surface area contributed by atoms with Gasteiger partial charge in [0.05, 0.1) is 5.69 Å². The molecule has 2 aromatic heterocycles. The van der Waals surface area contributed by atoms with Crippen LogP contribution in [0, 0.1) is 0 Å². The fourth-order valence-corrected chi connectivity index (χ4v) is 3.71. The van der Waals surface area contributed by atoms with Gasteiger partial charge in [0, 0.05) is 28.7 Å². The van der Waals surface area contributed by atoms with Crippen molar-refractivity contribution >= 4 is 34.4 Å². The third-order valence-electron chi connectivity index (χ3n) is 2.02. The molecule has 5 heteroatoms. The molecule has 86 valence electrons. The van der Waals surface area contributed by atoms with E-state index in [9.17, 15) is 0 Å². The highest BCUT2D eigenvalue weighted by atomic mass is 32.2. The van der Waals surface area contributed by atoms with Gasteiger partial charge in [-0.3, -0.25) is 0 Å². The van der Waals surface area contributed by atoms with Crippen LogP contribution in [-0.2, 0) is 5.75 Å². The molecule has 0 aliphatic rings. The minimum Gasteiger partial charge on any atom is -0.396 e. The monoisotopic (exact) mass is 271 g/mol. The third kappa shape index (κ3) is 3.31. The van der Waals surface area contributed by atoms with Gasteiger partial charge in [-0.15, -0.1) is 11.3 Å². The molecule has 2 heterocycles. The molecule has 0 atom stereocenters. The van der Waals surface area contributed by atoms with Crippen LogP contribution in [0.5, 0.6) is 0 Å². The molecule has 0 saturated carbocycles. The Morgan fingerprint density at radius 2 is 2.31 bits per heavy atom. The summed E-state index contributed by atoms with van der Waals surface area (Å²) in [5.41, 5.74) is 2.37. The number of thiazole rings is 1. The molecular formula is C11H13NOS3. The van der Waals surface area contributed by atoms with Crippen LogP contribution >= 0.6 is 34.4 Å². The predicted octanol–water partition coefficient (Wildman–Crippen LogP) is 3.49. The highest BCUT2D eigenvalue weighted by molar-refractivity contribution is 7.98. The van der Waals surface area contributed by atoms with E-state index < -0.39 is 0 Å². The summed E-state index contributed by atoms with van der Waals surface area (Å²) in [5, 5.41) is 16.1. The predicted molar refractivity (Wildman–Crippen MR) is 73.3 cm³/mol. The van der Waals surface area contributed by atoms with E-state index in [1.165, 1.54) is 5.56 Å². The first-order valence-electron chi connectivity index (χ1n) is 5.05. The van der Waals surface area contributed by atoms with Crippen LogP contribution in [0.2, 0.25) is 0 Å². The number of thioether (sulfide) groups is 1. The van der Waals surface area contributed by atoms with Gasteiger partial charge in [0.2, 0.25) is 0 Å². The number of aliphatic hydroxyl groups is 1. The van der Waals surface area contributed by atoms with E-state index in [0.717, 1.165) is 28.6 Å². The van der Waals surface area contributed by atoms with Crippen molar-refractivity contribution in [1.29, 1.82) is 0 Å². The van der Waals surface area contributed by atoms with E-state index in [2.05, 4.69) is 27.2 Å². The molecule has 0 aromatic carbocycles. The zero-order valence-electron chi connectivity index (χ0n) is 8.76. The largest absolute Gasteiger partial charge is 0.396 e. The van der Waals surface area contributed by atoms with E-state index >= 15 is 0 Å². The molecule has 0 radical (unpaired) electrons. The summed E-state index contributed by atoms with van der Waals surface area (Å²) in [4.78, 5) is 4.59. The van der Waals surface area contributed by atoms with Crippen molar-refractivity contribution < 1.29 is 5.11 Å². The fraction of sp³-hybridized carbons (Fsp3) is 0.364. The van der Waals surface area contributed by atoms with Crippen LogP contribution in [0.4, 0.5) is 0 Å². The van der Waals surface area contributed by atoms with Gasteiger partial charge in [-0.2, -0.15) is 23.1 Å². The Balaban J connectivity index is 1.88.